The molecule has 0 aromatic carbocycles. The zero-order valence-corrected chi connectivity index (χ0v) is 14.8. The number of morpholine rings is 1. The van der Waals surface area contributed by atoms with Crippen LogP contribution in [0.15, 0.2) is 37.1 Å². The minimum absolute atomic E-state index is 0.104. The van der Waals surface area contributed by atoms with E-state index in [4.69, 9.17) is 9.47 Å². The van der Waals surface area contributed by atoms with Crippen LogP contribution in [0.3, 0.4) is 0 Å². The van der Waals surface area contributed by atoms with Crippen LogP contribution in [0.25, 0.3) is 6.08 Å². The fourth-order valence-electron chi connectivity index (χ4n) is 2.56. The van der Waals surface area contributed by atoms with Crippen molar-refractivity contribution < 1.29 is 23.8 Å². The van der Waals surface area contributed by atoms with Crippen LogP contribution < -0.4 is 4.74 Å². The molecule has 1 unspecified atom stereocenters. The SMILES string of the molecule is COC(=O)c1cncc(OCC2CN(C(=O)C=Cc3cnc[nH]3)CCO2)c1. The highest BCUT2D eigenvalue weighted by Gasteiger charge is 2.23. The lowest BCUT2D eigenvalue weighted by molar-refractivity contribution is -0.134. The Labute approximate surface area is 156 Å². The summed E-state index contributed by atoms with van der Waals surface area (Å²) in [6, 6.07) is 1.55. The Balaban J connectivity index is 1.52. The summed E-state index contributed by atoms with van der Waals surface area (Å²) in [6.07, 6.45) is 9.01. The number of ether oxygens (including phenoxy) is 3. The van der Waals surface area contributed by atoms with Crippen molar-refractivity contribution in [2.75, 3.05) is 33.4 Å². The number of imidazole rings is 1. The first kappa shape index (κ1) is 18.6. The first-order valence-corrected chi connectivity index (χ1v) is 8.39. The fraction of sp³-hybridized carbons (Fsp3) is 0.333. The Hall–Kier alpha value is -3.20. The van der Waals surface area contributed by atoms with Crippen LogP contribution in [0, 0.1) is 0 Å². The van der Waals surface area contributed by atoms with E-state index in [-0.39, 0.29) is 18.6 Å². The highest BCUT2D eigenvalue weighted by molar-refractivity contribution is 5.91. The van der Waals surface area contributed by atoms with Gasteiger partial charge in [-0.05, 0) is 12.1 Å². The minimum atomic E-state index is -0.484. The van der Waals surface area contributed by atoms with Gasteiger partial charge in [0.1, 0.15) is 18.5 Å². The minimum Gasteiger partial charge on any atom is -0.489 e. The number of aromatic amines is 1. The number of methoxy groups -OCH3 is 1. The Morgan fingerprint density at radius 3 is 3.04 bits per heavy atom. The van der Waals surface area contributed by atoms with Crippen molar-refractivity contribution in [3.05, 3.63) is 48.3 Å². The average Bonchev–Trinajstić information content (AvgIpc) is 3.24. The molecule has 1 fully saturated rings. The molecule has 1 N–H and O–H groups in total. The molecular formula is C18H20N4O5. The number of hydrogen-bond donors (Lipinski definition) is 1. The van der Waals surface area contributed by atoms with Crippen LogP contribution in [0.4, 0.5) is 0 Å². The van der Waals surface area contributed by atoms with E-state index >= 15 is 0 Å². The number of nitrogens with one attached hydrogen (secondary N) is 1. The second-order valence-corrected chi connectivity index (χ2v) is 5.83. The van der Waals surface area contributed by atoms with Gasteiger partial charge in [-0.15, -0.1) is 0 Å². The van der Waals surface area contributed by atoms with E-state index in [9.17, 15) is 9.59 Å². The van der Waals surface area contributed by atoms with E-state index in [0.29, 0.717) is 31.0 Å². The maximum absolute atomic E-state index is 12.3. The first-order valence-electron chi connectivity index (χ1n) is 8.39. The highest BCUT2D eigenvalue weighted by atomic mass is 16.5. The second-order valence-electron chi connectivity index (χ2n) is 5.83. The number of nitrogens with zero attached hydrogens (tertiary/aromatic N) is 3. The number of aromatic nitrogens is 3. The molecule has 0 bridgehead atoms. The normalized spacial score (nSPS) is 17.1. The lowest BCUT2D eigenvalue weighted by atomic mass is 10.2. The van der Waals surface area contributed by atoms with Gasteiger partial charge < -0.3 is 24.1 Å². The molecule has 1 amide bonds. The molecule has 9 heteroatoms. The van der Waals surface area contributed by atoms with Crippen LogP contribution in [0.1, 0.15) is 16.1 Å². The smallest absolute Gasteiger partial charge is 0.339 e. The quantitative estimate of drug-likeness (QED) is 0.593. The van der Waals surface area contributed by atoms with Gasteiger partial charge in [0.15, 0.2) is 0 Å². The molecule has 1 atom stereocenters. The Morgan fingerprint density at radius 2 is 2.26 bits per heavy atom. The number of H-pyrrole nitrogens is 1. The number of amides is 1. The Bertz CT molecular complexity index is 806. The molecule has 2 aromatic heterocycles. The van der Waals surface area contributed by atoms with Crippen LogP contribution in [-0.4, -0.2) is 71.2 Å². The number of carbonyl (C=O) groups is 2. The van der Waals surface area contributed by atoms with E-state index in [1.807, 2.05) is 0 Å². The lowest BCUT2D eigenvalue weighted by Crippen LogP contribution is -2.47. The second kappa shape index (κ2) is 8.95. The van der Waals surface area contributed by atoms with Gasteiger partial charge in [-0.1, -0.05) is 0 Å². The van der Waals surface area contributed by atoms with E-state index < -0.39 is 5.97 Å². The highest BCUT2D eigenvalue weighted by Crippen LogP contribution is 2.14. The zero-order chi connectivity index (χ0) is 19.1. The Kier molecular flexibility index (Phi) is 6.16. The lowest BCUT2D eigenvalue weighted by Gasteiger charge is -2.32. The molecule has 27 heavy (non-hydrogen) atoms. The molecule has 1 saturated heterocycles. The predicted octanol–water partition coefficient (Wildman–Crippen LogP) is 0.911. The molecule has 142 valence electrons. The van der Waals surface area contributed by atoms with Crippen molar-refractivity contribution in [2.45, 2.75) is 6.10 Å². The molecule has 0 saturated carbocycles. The fourth-order valence-corrected chi connectivity index (χ4v) is 2.56. The van der Waals surface area contributed by atoms with E-state index in [1.54, 1.807) is 29.6 Å². The van der Waals surface area contributed by atoms with Gasteiger partial charge in [-0.3, -0.25) is 9.78 Å². The maximum atomic E-state index is 12.3. The number of rotatable bonds is 6. The van der Waals surface area contributed by atoms with Gasteiger partial charge >= 0.3 is 5.97 Å². The zero-order valence-electron chi connectivity index (χ0n) is 14.8. The molecule has 0 radical (unpaired) electrons. The summed E-state index contributed by atoms with van der Waals surface area (Å²) in [5, 5.41) is 0. The predicted molar refractivity (Wildman–Crippen MR) is 95.0 cm³/mol. The summed E-state index contributed by atoms with van der Waals surface area (Å²) in [7, 11) is 1.30. The Morgan fingerprint density at radius 1 is 1.37 bits per heavy atom. The summed E-state index contributed by atoms with van der Waals surface area (Å²) in [5.74, 6) is -0.154. The summed E-state index contributed by atoms with van der Waals surface area (Å²) in [4.78, 5) is 36.3. The average molecular weight is 372 g/mol. The van der Waals surface area contributed by atoms with Crippen molar-refractivity contribution in [1.82, 2.24) is 19.9 Å². The van der Waals surface area contributed by atoms with Crippen LogP contribution in [-0.2, 0) is 14.3 Å². The molecule has 0 aliphatic carbocycles. The van der Waals surface area contributed by atoms with Crippen molar-refractivity contribution in [1.29, 1.82) is 0 Å². The topological polar surface area (TPSA) is 107 Å². The molecule has 0 spiro atoms. The van der Waals surface area contributed by atoms with Gasteiger partial charge in [0.05, 0.1) is 50.2 Å². The number of hydrogen-bond acceptors (Lipinski definition) is 7. The van der Waals surface area contributed by atoms with Crippen molar-refractivity contribution in [3.8, 4) is 5.75 Å². The van der Waals surface area contributed by atoms with Gasteiger partial charge in [0, 0.05) is 18.8 Å². The maximum Gasteiger partial charge on any atom is 0.339 e. The van der Waals surface area contributed by atoms with Crippen LogP contribution in [0.2, 0.25) is 0 Å². The standard InChI is InChI=1S/C18H20N4O5/c1-25-18(24)13-6-15(9-19-7-13)27-11-16-10-22(4-5-26-16)17(23)3-2-14-8-20-12-21-14/h2-3,6-9,12,16H,4-5,10-11H2,1H3,(H,20,21). The summed E-state index contributed by atoms with van der Waals surface area (Å²) in [5.41, 5.74) is 1.06. The van der Waals surface area contributed by atoms with Gasteiger partial charge in [0.2, 0.25) is 5.91 Å². The number of esters is 1. The van der Waals surface area contributed by atoms with E-state index in [1.165, 1.54) is 25.6 Å². The molecular weight excluding hydrogens is 352 g/mol. The largest absolute Gasteiger partial charge is 0.489 e. The first-order chi connectivity index (χ1) is 13.2. The number of carbonyl (C=O) groups excluding carboxylic acids is 2. The summed E-state index contributed by atoms with van der Waals surface area (Å²) < 4.78 is 16.0. The summed E-state index contributed by atoms with van der Waals surface area (Å²) >= 11 is 0. The van der Waals surface area contributed by atoms with Gasteiger partial charge in [-0.2, -0.15) is 0 Å². The molecule has 3 rings (SSSR count). The van der Waals surface area contributed by atoms with Crippen LogP contribution in [0.5, 0.6) is 5.75 Å². The molecule has 9 nitrogen and oxygen atoms in total. The third-order valence-corrected chi connectivity index (χ3v) is 3.95. The molecule has 2 aromatic rings. The monoisotopic (exact) mass is 372 g/mol. The molecule has 1 aliphatic rings. The van der Waals surface area contributed by atoms with Crippen LogP contribution >= 0.6 is 0 Å². The van der Waals surface area contributed by atoms with E-state index in [2.05, 4.69) is 19.7 Å². The summed E-state index contributed by atoms with van der Waals surface area (Å²) in [6.45, 7) is 1.59. The molecule has 1 aliphatic heterocycles. The van der Waals surface area contributed by atoms with E-state index in [0.717, 1.165) is 5.69 Å². The van der Waals surface area contributed by atoms with Gasteiger partial charge in [0.25, 0.3) is 0 Å². The van der Waals surface area contributed by atoms with Crippen molar-refractivity contribution in [2.24, 2.45) is 0 Å². The molecule has 3 heterocycles. The third-order valence-electron chi connectivity index (χ3n) is 3.95. The number of pyridine rings is 1. The van der Waals surface area contributed by atoms with Crippen molar-refractivity contribution in [3.63, 3.8) is 0 Å². The van der Waals surface area contributed by atoms with Crippen molar-refractivity contribution >= 4 is 18.0 Å². The third kappa shape index (κ3) is 5.14. The van der Waals surface area contributed by atoms with Gasteiger partial charge in [-0.25, -0.2) is 9.78 Å².